The Morgan fingerprint density at radius 1 is 1.33 bits per heavy atom. The first kappa shape index (κ1) is 15.8. The molecule has 1 aromatic rings. The topological polar surface area (TPSA) is 70.6 Å². The monoisotopic (exact) mass is 292 g/mol. The van der Waals surface area contributed by atoms with Crippen LogP contribution in [0.25, 0.3) is 0 Å². The third-order valence-corrected chi connectivity index (χ3v) is 3.65. The van der Waals surface area contributed by atoms with E-state index in [0.29, 0.717) is 12.7 Å². The highest BCUT2D eigenvalue weighted by Crippen LogP contribution is 2.22. The molecule has 0 heterocycles. The van der Waals surface area contributed by atoms with Crippen LogP contribution in [0.1, 0.15) is 38.2 Å². The quantitative estimate of drug-likeness (QED) is 0.755. The molecule has 1 aliphatic rings. The molecule has 1 fully saturated rings. The van der Waals surface area contributed by atoms with Gasteiger partial charge >= 0.3 is 6.03 Å². The Morgan fingerprint density at radius 3 is 2.62 bits per heavy atom. The number of rotatable bonds is 6. The molecule has 1 atom stereocenters. The van der Waals surface area contributed by atoms with Crippen LogP contribution >= 0.6 is 0 Å². The first-order chi connectivity index (χ1) is 10.2. The number of aliphatic hydroxyl groups is 1. The Bertz CT molecular complexity index is 441. The van der Waals surface area contributed by atoms with Gasteiger partial charge in [0.1, 0.15) is 0 Å². The van der Waals surface area contributed by atoms with Crippen molar-refractivity contribution in [2.45, 2.75) is 51.4 Å². The van der Waals surface area contributed by atoms with Gasteiger partial charge in [0.15, 0.2) is 0 Å². The second-order valence-corrected chi connectivity index (χ2v) is 5.60. The fourth-order valence-corrected chi connectivity index (χ4v) is 2.39. The van der Waals surface area contributed by atoms with Crippen molar-refractivity contribution in [3.63, 3.8) is 0 Å². The van der Waals surface area contributed by atoms with E-state index in [1.54, 1.807) is 6.92 Å². The summed E-state index contributed by atoms with van der Waals surface area (Å²) < 4.78 is 5.85. The average Bonchev–Trinajstić information content (AvgIpc) is 2.99. The molecule has 5 heteroatoms. The molecule has 0 spiro atoms. The van der Waals surface area contributed by atoms with E-state index >= 15 is 0 Å². The van der Waals surface area contributed by atoms with Crippen molar-refractivity contribution in [1.29, 1.82) is 0 Å². The van der Waals surface area contributed by atoms with Crippen LogP contribution in [0, 0.1) is 0 Å². The van der Waals surface area contributed by atoms with Crippen molar-refractivity contribution in [2.24, 2.45) is 0 Å². The predicted molar refractivity (Wildman–Crippen MR) is 82.2 cm³/mol. The standard InChI is InChI=1S/C16H24N2O3/c1-12(10-19)17-16(20)18-14-8-6-13(7-9-14)11-21-15-4-2-3-5-15/h6-9,12,15,19H,2-5,10-11H2,1H3,(H2,17,18,20). The number of aliphatic hydroxyl groups excluding tert-OH is 1. The molecular formula is C16H24N2O3. The third-order valence-electron chi connectivity index (χ3n) is 3.65. The molecule has 1 aliphatic carbocycles. The highest BCUT2D eigenvalue weighted by Gasteiger charge is 2.15. The van der Waals surface area contributed by atoms with Crippen molar-refractivity contribution < 1.29 is 14.6 Å². The van der Waals surface area contributed by atoms with E-state index in [1.807, 2.05) is 24.3 Å². The number of carbonyl (C=O) groups excluding carboxylic acids is 1. The van der Waals surface area contributed by atoms with Crippen LogP contribution < -0.4 is 10.6 Å². The van der Waals surface area contributed by atoms with Gasteiger partial charge < -0.3 is 20.5 Å². The maximum absolute atomic E-state index is 11.6. The summed E-state index contributed by atoms with van der Waals surface area (Å²) in [5.41, 5.74) is 1.83. The lowest BCUT2D eigenvalue weighted by Gasteiger charge is -2.13. The molecule has 1 saturated carbocycles. The van der Waals surface area contributed by atoms with E-state index in [0.717, 1.165) is 11.3 Å². The Labute approximate surface area is 125 Å². The second kappa shape index (κ2) is 8.00. The molecule has 0 bridgehead atoms. The number of anilines is 1. The smallest absolute Gasteiger partial charge is 0.319 e. The fraction of sp³-hybridized carbons (Fsp3) is 0.562. The first-order valence-electron chi connectivity index (χ1n) is 7.56. The summed E-state index contributed by atoms with van der Waals surface area (Å²) in [5.74, 6) is 0. The van der Waals surface area contributed by atoms with Gasteiger partial charge in [0.05, 0.1) is 25.4 Å². The van der Waals surface area contributed by atoms with Crippen LogP contribution in [-0.2, 0) is 11.3 Å². The van der Waals surface area contributed by atoms with E-state index in [2.05, 4.69) is 10.6 Å². The number of amides is 2. The summed E-state index contributed by atoms with van der Waals surface area (Å²) in [6.07, 6.45) is 5.30. The fourth-order valence-electron chi connectivity index (χ4n) is 2.39. The maximum Gasteiger partial charge on any atom is 0.319 e. The van der Waals surface area contributed by atoms with Gasteiger partial charge in [-0.2, -0.15) is 0 Å². The van der Waals surface area contributed by atoms with Gasteiger partial charge in [0.2, 0.25) is 0 Å². The van der Waals surface area contributed by atoms with Gasteiger partial charge in [-0.05, 0) is 37.5 Å². The molecule has 0 saturated heterocycles. The minimum atomic E-state index is -0.313. The highest BCUT2D eigenvalue weighted by molar-refractivity contribution is 5.89. The van der Waals surface area contributed by atoms with Gasteiger partial charge in [-0.3, -0.25) is 0 Å². The van der Waals surface area contributed by atoms with Crippen LogP contribution in [0.5, 0.6) is 0 Å². The average molecular weight is 292 g/mol. The van der Waals surface area contributed by atoms with Crippen molar-refractivity contribution >= 4 is 11.7 Å². The van der Waals surface area contributed by atoms with E-state index in [-0.39, 0.29) is 18.7 Å². The van der Waals surface area contributed by atoms with E-state index < -0.39 is 0 Å². The number of urea groups is 1. The molecule has 5 nitrogen and oxygen atoms in total. The summed E-state index contributed by atoms with van der Waals surface area (Å²) in [4.78, 5) is 11.6. The van der Waals surface area contributed by atoms with E-state index in [9.17, 15) is 4.79 Å². The molecule has 3 N–H and O–H groups in total. The van der Waals surface area contributed by atoms with Gasteiger partial charge in [0, 0.05) is 5.69 Å². The number of carbonyl (C=O) groups is 1. The van der Waals surface area contributed by atoms with Crippen LogP contribution in [0.3, 0.4) is 0 Å². The molecule has 2 rings (SSSR count). The summed E-state index contributed by atoms with van der Waals surface area (Å²) in [6.45, 7) is 2.28. The largest absolute Gasteiger partial charge is 0.394 e. The molecule has 21 heavy (non-hydrogen) atoms. The van der Waals surface area contributed by atoms with Gasteiger partial charge in [-0.25, -0.2) is 4.79 Å². The summed E-state index contributed by atoms with van der Waals surface area (Å²) >= 11 is 0. The lowest BCUT2D eigenvalue weighted by Crippen LogP contribution is -2.38. The first-order valence-corrected chi connectivity index (χ1v) is 7.56. The van der Waals surface area contributed by atoms with Crippen LogP contribution in [0.2, 0.25) is 0 Å². The Kier molecular flexibility index (Phi) is 6.02. The third kappa shape index (κ3) is 5.36. The van der Waals surface area contributed by atoms with Crippen molar-refractivity contribution in [1.82, 2.24) is 5.32 Å². The minimum absolute atomic E-state index is 0.0785. The molecule has 0 radical (unpaired) electrons. The Balaban J connectivity index is 1.77. The summed E-state index contributed by atoms with van der Waals surface area (Å²) in [7, 11) is 0. The zero-order chi connectivity index (χ0) is 15.1. The lowest BCUT2D eigenvalue weighted by atomic mass is 10.2. The molecular weight excluding hydrogens is 268 g/mol. The minimum Gasteiger partial charge on any atom is -0.394 e. The second-order valence-electron chi connectivity index (χ2n) is 5.60. The van der Waals surface area contributed by atoms with Gasteiger partial charge in [0.25, 0.3) is 0 Å². The molecule has 0 aliphatic heterocycles. The number of hydrogen-bond acceptors (Lipinski definition) is 3. The molecule has 2 amide bonds. The van der Waals surface area contributed by atoms with Gasteiger partial charge in [-0.1, -0.05) is 25.0 Å². The Morgan fingerprint density at radius 2 is 2.00 bits per heavy atom. The van der Waals surface area contributed by atoms with Crippen molar-refractivity contribution in [3.05, 3.63) is 29.8 Å². The van der Waals surface area contributed by atoms with Crippen LogP contribution in [0.15, 0.2) is 24.3 Å². The molecule has 1 aromatic carbocycles. The lowest BCUT2D eigenvalue weighted by molar-refractivity contribution is 0.0457. The predicted octanol–water partition coefficient (Wildman–Crippen LogP) is 2.65. The molecule has 0 aromatic heterocycles. The normalized spacial score (nSPS) is 16.7. The number of hydrogen-bond donors (Lipinski definition) is 3. The summed E-state index contributed by atoms with van der Waals surface area (Å²) in [5, 5.41) is 14.2. The van der Waals surface area contributed by atoms with E-state index in [1.165, 1.54) is 25.7 Å². The SMILES string of the molecule is CC(CO)NC(=O)Nc1ccc(COC2CCCC2)cc1. The molecule has 116 valence electrons. The van der Waals surface area contributed by atoms with Crippen LogP contribution in [0.4, 0.5) is 10.5 Å². The van der Waals surface area contributed by atoms with Gasteiger partial charge in [-0.15, -0.1) is 0 Å². The molecule has 1 unspecified atom stereocenters. The maximum atomic E-state index is 11.6. The number of benzene rings is 1. The van der Waals surface area contributed by atoms with E-state index in [4.69, 9.17) is 9.84 Å². The zero-order valence-electron chi connectivity index (χ0n) is 12.5. The number of ether oxygens (including phenoxy) is 1. The highest BCUT2D eigenvalue weighted by atomic mass is 16.5. The Hall–Kier alpha value is -1.59. The summed E-state index contributed by atoms with van der Waals surface area (Å²) in [6, 6.07) is 7.06. The number of nitrogens with one attached hydrogen (secondary N) is 2. The van der Waals surface area contributed by atoms with Crippen molar-refractivity contribution in [2.75, 3.05) is 11.9 Å². The zero-order valence-corrected chi connectivity index (χ0v) is 12.5. The van der Waals surface area contributed by atoms with Crippen molar-refractivity contribution in [3.8, 4) is 0 Å². The van der Waals surface area contributed by atoms with Crippen LogP contribution in [-0.4, -0.2) is 29.9 Å².